The van der Waals surface area contributed by atoms with E-state index in [1.165, 1.54) is 0 Å². The van der Waals surface area contributed by atoms with Gasteiger partial charge in [-0.2, -0.15) is 0 Å². The maximum absolute atomic E-state index is 11.5. The van der Waals surface area contributed by atoms with Crippen molar-refractivity contribution in [2.24, 2.45) is 0 Å². The molecule has 1 aromatic rings. The fourth-order valence-corrected chi connectivity index (χ4v) is 1.25. The average molecular weight is 221 g/mol. The fraction of sp³-hybridized carbons (Fsp3) is 0.417. The summed E-state index contributed by atoms with van der Waals surface area (Å²) in [5.74, 6) is -0.0238. The van der Waals surface area contributed by atoms with Crippen LogP contribution in [-0.2, 0) is 4.79 Å². The lowest BCUT2D eigenvalue weighted by atomic mass is 10.1. The number of nitrogens with one attached hydrogen (secondary N) is 2. The van der Waals surface area contributed by atoms with E-state index in [1.807, 2.05) is 32.9 Å². The number of rotatable bonds is 3. The lowest BCUT2D eigenvalue weighted by Crippen LogP contribution is -2.43. The van der Waals surface area contributed by atoms with E-state index < -0.39 is 0 Å². The van der Waals surface area contributed by atoms with Gasteiger partial charge in [0.2, 0.25) is 5.91 Å². The molecule has 88 valence electrons. The molecule has 0 saturated carbocycles. The summed E-state index contributed by atoms with van der Waals surface area (Å²) >= 11 is 0. The molecule has 0 spiro atoms. The number of benzene rings is 1. The number of carbonyl (C=O) groups excluding carboxylic acids is 1. The van der Waals surface area contributed by atoms with Crippen molar-refractivity contribution in [1.82, 2.24) is 5.32 Å². The molecule has 0 saturated heterocycles. The zero-order chi connectivity index (χ0) is 12.2. The molecule has 0 unspecified atom stereocenters. The predicted molar refractivity (Wildman–Crippen MR) is 67.2 cm³/mol. The normalized spacial score (nSPS) is 10.9. The second-order valence-electron chi connectivity index (χ2n) is 4.77. The summed E-state index contributed by atoms with van der Waals surface area (Å²) in [6.07, 6.45) is 0. The third-order valence-electron chi connectivity index (χ3n) is 1.88. The number of nitrogens with two attached hydrogens (primary N) is 1. The van der Waals surface area contributed by atoms with Crippen molar-refractivity contribution < 1.29 is 4.79 Å². The largest absolute Gasteiger partial charge is 0.399 e. The fourth-order valence-electron chi connectivity index (χ4n) is 1.25. The first-order valence-electron chi connectivity index (χ1n) is 5.27. The van der Waals surface area contributed by atoms with Crippen LogP contribution in [0.15, 0.2) is 24.3 Å². The summed E-state index contributed by atoms with van der Waals surface area (Å²) in [7, 11) is 0. The molecule has 4 nitrogen and oxygen atoms in total. The highest BCUT2D eigenvalue weighted by atomic mass is 16.2. The highest BCUT2D eigenvalue weighted by Crippen LogP contribution is 2.09. The molecule has 0 bridgehead atoms. The van der Waals surface area contributed by atoms with E-state index in [1.54, 1.807) is 12.1 Å². The van der Waals surface area contributed by atoms with Crippen molar-refractivity contribution in [1.29, 1.82) is 0 Å². The molecule has 4 N–H and O–H groups in total. The zero-order valence-electron chi connectivity index (χ0n) is 10.0. The quantitative estimate of drug-likeness (QED) is 0.679. The number of carbonyl (C=O) groups is 1. The van der Waals surface area contributed by atoms with Gasteiger partial charge >= 0.3 is 0 Å². The average Bonchev–Trinajstić information content (AvgIpc) is 2.14. The maximum atomic E-state index is 11.5. The number of anilines is 2. The van der Waals surface area contributed by atoms with Crippen LogP contribution in [0.5, 0.6) is 0 Å². The van der Waals surface area contributed by atoms with Gasteiger partial charge in [-0.1, -0.05) is 0 Å². The SMILES string of the molecule is CC(C)(C)NC(=O)CNc1ccc(N)cc1. The second-order valence-corrected chi connectivity index (χ2v) is 4.77. The molecule has 0 aromatic heterocycles. The molecule has 0 atom stereocenters. The van der Waals surface area contributed by atoms with Crippen LogP contribution in [0.25, 0.3) is 0 Å². The lowest BCUT2D eigenvalue weighted by molar-refractivity contribution is -0.120. The van der Waals surface area contributed by atoms with Crippen molar-refractivity contribution in [3.8, 4) is 0 Å². The van der Waals surface area contributed by atoms with Crippen LogP contribution < -0.4 is 16.4 Å². The van der Waals surface area contributed by atoms with Gasteiger partial charge < -0.3 is 16.4 Å². The van der Waals surface area contributed by atoms with Crippen LogP contribution in [0.2, 0.25) is 0 Å². The van der Waals surface area contributed by atoms with E-state index in [2.05, 4.69) is 10.6 Å². The molecule has 1 rings (SSSR count). The van der Waals surface area contributed by atoms with E-state index in [-0.39, 0.29) is 18.0 Å². The molecule has 1 aromatic carbocycles. The minimum absolute atomic E-state index is 0.0238. The molecule has 0 heterocycles. The van der Waals surface area contributed by atoms with Gasteiger partial charge in [0.25, 0.3) is 0 Å². The first-order chi connectivity index (χ1) is 7.37. The van der Waals surface area contributed by atoms with Gasteiger partial charge in [0.05, 0.1) is 6.54 Å². The highest BCUT2D eigenvalue weighted by molar-refractivity contribution is 5.81. The third kappa shape index (κ3) is 4.68. The maximum Gasteiger partial charge on any atom is 0.239 e. The summed E-state index contributed by atoms with van der Waals surface area (Å²) in [5, 5.41) is 5.90. The van der Waals surface area contributed by atoms with Gasteiger partial charge in [-0.25, -0.2) is 0 Å². The summed E-state index contributed by atoms with van der Waals surface area (Å²) in [6, 6.07) is 7.29. The Bertz CT molecular complexity index is 352. The van der Waals surface area contributed by atoms with E-state index >= 15 is 0 Å². The van der Waals surface area contributed by atoms with Crippen molar-refractivity contribution in [3.05, 3.63) is 24.3 Å². The summed E-state index contributed by atoms with van der Waals surface area (Å²) < 4.78 is 0. The molecule has 0 fully saturated rings. The minimum atomic E-state index is -0.195. The number of hydrogen-bond acceptors (Lipinski definition) is 3. The van der Waals surface area contributed by atoms with Gasteiger partial charge in [0, 0.05) is 16.9 Å². The molecule has 4 heteroatoms. The summed E-state index contributed by atoms with van der Waals surface area (Å²) in [4.78, 5) is 11.5. The third-order valence-corrected chi connectivity index (χ3v) is 1.88. The van der Waals surface area contributed by atoms with Gasteiger partial charge in [0.15, 0.2) is 0 Å². The Morgan fingerprint density at radius 1 is 1.25 bits per heavy atom. The van der Waals surface area contributed by atoms with Crippen LogP contribution in [0.3, 0.4) is 0 Å². The minimum Gasteiger partial charge on any atom is -0.399 e. The molecule has 16 heavy (non-hydrogen) atoms. The molecule has 1 amide bonds. The predicted octanol–water partition coefficient (Wildman–Crippen LogP) is 1.60. The van der Waals surface area contributed by atoms with Crippen molar-refractivity contribution >= 4 is 17.3 Å². The number of hydrogen-bond donors (Lipinski definition) is 3. The smallest absolute Gasteiger partial charge is 0.239 e. The molecule has 0 radical (unpaired) electrons. The number of amides is 1. The van der Waals surface area contributed by atoms with Crippen molar-refractivity contribution in [2.45, 2.75) is 26.3 Å². The van der Waals surface area contributed by atoms with E-state index in [0.29, 0.717) is 5.69 Å². The molecule has 0 aliphatic rings. The van der Waals surface area contributed by atoms with Crippen LogP contribution in [0, 0.1) is 0 Å². The molecule has 0 aliphatic carbocycles. The van der Waals surface area contributed by atoms with Crippen LogP contribution in [0.4, 0.5) is 11.4 Å². The Hall–Kier alpha value is -1.71. The first kappa shape index (κ1) is 12.4. The monoisotopic (exact) mass is 221 g/mol. The van der Waals surface area contributed by atoms with Gasteiger partial charge in [-0.3, -0.25) is 4.79 Å². The van der Waals surface area contributed by atoms with Gasteiger partial charge in [-0.05, 0) is 45.0 Å². The lowest BCUT2D eigenvalue weighted by Gasteiger charge is -2.20. The summed E-state index contributed by atoms with van der Waals surface area (Å²) in [5.41, 5.74) is 6.96. The van der Waals surface area contributed by atoms with Crippen LogP contribution in [0.1, 0.15) is 20.8 Å². The number of nitrogen functional groups attached to an aromatic ring is 1. The Morgan fingerprint density at radius 3 is 2.31 bits per heavy atom. The van der Waals surface area contributed by atoms with E-state index in [0.717, 1.165) is 5.69 Å². The Morgan fingerprint density at radius 2 is 1.81 bits per heavy atom. The van der Waals surface area contributed by atoms with Gasteiger partial charge in [-0.15, -0.1) is 0 Å². The Labute approximate surface area is 96.2 Å². The van der Waals surface area contributed by atoms with Crippen LogP contribution >= 0.6 is 0 Å². The molecular formula is C12H19N3O. The Kier molecular flexibility index (Phi) is 3.77. The van der Waals surface area contributed by atoms with Crippen LogP contribution in [-0.4, -0.2) is 18.0 Å². The second kappa shape index (κ2) is 4.88. The molecular weight excluding hydrogens is 202 g/mol. The zero-order valence-corrected chi connectivity index (χ0v) is 10.0. The van der Waals surface area contributed by atoms with Crippen molar-refractivity contribution in [2.75, 3.05) is 17.6 Å². The molecule has 0 aliphatic heterocycles. The van der Waals surface area contributed by atoms with Gasteiger partial charge in [0.1, 0.15) is 0 Å². The van der Waals surface area contributed by atoms with E-state index in [9.17, 15) is 4.79 Å². The van der Waals surface area contributed by atoms with E-state index in [4.69, 9.17) is 5.73 Å². The first-order valence-corrected chi connectivity index (χ1v) is 5.27. The van der Waals surface area contributed by atoms with Crippen molar-refractivity contribution in [3.63, 3.8) is 0 Å². The topological polar surface area (TPSA) is 67.2 Å². The standard InChI is InChI=1S/C12H19N3O/c1-12(2,3)15-11(16)8-14-10-6-4-9(13)5-7-10/h4-7,14H,8,13H2,1-3H3,(H,15,16). The Balaban J connectivity index is 2.40. The summed E-state index contributed by atoms with van der Waals surface area (Å²) in [6.45, 7) is 6.12. The highest BCUT2D eigenvalue weighted by Gasteiger charge is 2.12.